The van der Waals surface area contributed by atoms with Gasteiger partial charge in [0.25, 0.3) is 0 Å². The lowest BCUT2D eigenvalue weighted by Gasteiger charge is -2.20. The zero-order valence-corrected chi connectivity index (χ0v) is 13.0. The Labute approximate surface area is 126 Å². The van der Waals surface area contributed by atoms with Crippen LogP contribution in [0.4, 0.5) is 0 Å². The minimum Gasteiger partial charge on any atom is -0.497 e. The largest absolute Gasteiger partial charge is 0.497 e. The predicted octanol–water partition coefficient (Wildman–Crippen LogP) is 1.55. The highest BCUT2D eigenvalue weighted by molar-refractivity contribution is 5.85. The molecule has 0 aliphatic carbocycles. The van der Waals surface area contributed by atoms with Gasteiger partial charge in [-0.05, 0) is 24.3 Å². The maximum absolute atomic E-state index is 11.8. The number of carbonyl (C=O) groups is 1. The Morgan fingerprint density at radius 1 is 1.30 bits per heavy atom. The third kappa shape index (κ3) is 5.67. The standard InChI is InChI=1S/C14H22N2O3.ClH/c1-11(10-15)14(17)16(2)8-9-19-13-6-4-12(18-3)5-7-13;/h4-7,11H,8-10,15H2,1-3H3;1H. The Morgan fingerprint density at radius 2 is 1.85 bits per heavy atom. The lowest BCUT2D eigenvalue weighted by atomic mass is 10.1. The number of ether oxygens (including phenoxy) is 2. The van der Waals surface area contributed by atoms with Gasteiger partial charge in [0.05, 0.1) is 13.7 Å². The summed E-state index contributed by atoms with van der Waals surface area (Å²) in [6, 6.07) is 7.34. The van der Waals surface area contributed by atoms with Crippen LogP contribution in [0.15, 0.2) is 24.3 Å². The molecule has 114 valence electrons. The van der Waals surface area contributed by atoms with E-state index in [1.807, 2.05) is 31.2 Å². The summed E-state index contributed by atoms with van der Waals surface area (Å²) in [5, 5.41) is 0. The molecular weight excluding hydrogens is 280 g/mol. The first kappa shape index (κ1) is 18.5. The van der Waals surface area contributed by atoms with Gasteiger partial charge in [-0.2, -0.15) is 0 Å². The molecule has 1 rings (SSSR count). The van der Waals surface area contributed by atoms with Gasteiger partial charge in [0.1, 0.15) is 18.1 Å². The molecule has 1 amide bonds. The second-order valence-electron chi connectivity index (χ2n) is 4.42. The van der Waals surface area contributed by atoms with Crippen LogP contribution in [-0.2, 0) is 4.79 Å². The Kier molecular flexibility index (Phi) is 8.76. The fraction of sp³-hybridized carbons (Fsp3) is 0.500. The number of carbonyl (C=O) groups excluding carboxylic acids is 1. The molecule has 6 heteroatoms. The van der Waals surface area contributed by atoms with Crippen LogP contribution in [0.5, 0.6) is 11.5 Å². The van der Waals surface area contributed by atoms with E-state index in [4.69, 9.17) is 15.2 Å². The zero-order chi connectivity index (χ0) is 14.3. The summed E-state index contributed by atoms with van der Waals surface area (Å²) < 4.78 is 10.6. The highest BCUT2D eigenvalue weighted by atomic mass is 35.5. The Morgan fingerprint density at radius 3 is 2.35 bits per heavy atom. The van der Waals surface area contributed by atoms with E-state index in [0.29, 0.717) is 19.7 Å². The van der Waals surface area contributed by atoms with Gasteiger partial charge in [-0.25, -0.2) is 0 Å². The quantitative estimate of drug-likeness (QED) is 0.830. The molecule has 20 heavy (non-hydrogen) atoms. The number of nitrogens with two attached hydrogens (primary N) is 1. The van der Waals surface area contributed by atoms with Gasteiger partial charge in [0.15, 0.2) is 0 Å². The van der Waals surface area contributed by atoms with E-state index in [1.54, 1.807) is 19.1 Å². The van der Waals surface area contributed by atoms with Crippen LogP contribution < -0.4 is 15.2 Å². The monoisotopic (exact) mass is 302 g/mol. The summed E-state index contributed by atoms with van der Waals surface area (Å²) in [7, 11) is 3.38. The number of halogens is 1. The van der Waals surface area contributed by atoms with E-state index >= 15 is 0 Å². The summed E-state index contributed by atoms with van der Waals surface area (Å²) in [6.45, 7) is 3.17. The predicted molar refractivity (Wildman–Crippen MR) is 81.6 cm³/mol. The lowest BCUT2D eigenvalue weighted by molar-refractivity contribution is -0.133. The SMILES string of the molecule is COc1ccc(OCCN(C)C(=O)C(C)CN)cc1.Cl. The van der Waals surface area contributed by atoms with E-state index in [-0.39, 0.29) is 24.2 Å². The smallest absolute Gasteiger partial charge is 0.226 e. The van der Waals surface area contributed by atoms with Gasteiger partial charge in [0, 0.05) is 19.5 Å². The highest BCUT2D eigenvalue weighted by Crippen LogP contribution is 2.16. The van der Waals surface area contributed by atoms with Crippen molar-refractivity contribution in [2.75, 3.05) is 33.9 Å². The first-order valence-corrected chi connectivity index (χ1v) is 6.30. The molecule has 0 heterocycles. The summed E-state index contributed by atoms with van der Waals surface area (Å²) in [5.74, 6) is 1.44. The normalized spacial score (nSPS) is 11.2. The Hall–Kier alpha value is -1.46. The van der Waals surface area contributed by atoms with Crippen molar-refractivity contribution in [1.29, 1.82) is 0 Å². The van der Waals surface area contributed by atoms with Crippen molar-refractivity contribution >= 4 is 18.3 Å². The van der Waals surface area contributed by atoms with E-state index in [9.17, 15) is 4.79 Å². The van der Waals surface area contributed by atoms with Gasteiger partial charge in [0.2, 0.25) is 5.91 Å². The first-order valence-electron chi connectivity index (χ1n) is 6.30. The van der Waals surface area contributed by atoms with Crippen LogP contribution in [0.25, 0.3) is 0 Å². The molecule has 1 aromatic carbocycles. The summed E-state index contributed by atoms with van der Waals surface area (Å²) in [4.78, 5) is 13.4. The minimum absolute atomic E-state index is 0. The number of benzene rings is 1. The van der Waals surface area contributed by atoms with Crippen molar-refractivity contribution in [3.63, 3.8) is 0 Å². The van der Waals surface area contributed by atoms with Gasteiger partial charge < -0.3 is 20.1 Å². The number of hydrogen-bond acceptors (Lipinski definition) is 4. The maximum atomic E-state index is 11.8. The average Bonchev–Trinajstić information content (AvgIpc) is 2.46. The number of rotatable bonds is 7. The molecule has 5 nitrogen and oxygen atoms in total. The maximum Gasteiger partial charge on any atom is 0.226 e. The topological polar surface area (TPSA) is 64.8 Å². The van der Waals surface area contributed by atoms with E-state index in [2.05, 4.69) is 0 Å². The van der Waals surface area contributed by atoms with E-state index in [1.165, 1.54) is 0 Å². The highest BCUT2D eigenvalue weighted by Gasteiger charge is 2.15. The molecule has 0 saturated carbocycles. The van der Waals surface area contributed by atoms with Crippen LogP contribution >= 0.6 is 12.4 Å². The van der Waals surface area contributed by atoms with Crippen LogP contribution in [-0.4, -0.2) is 44.7 Å². The van der Waals surface area contributed by atoms with Crippen LogP contribution in [0.3, 0.4) is 0 Å². The Bertz CT molecular complexity index is 398. The molecule has 0 aliphatic rings. The number of nitrogens with zero attached hydrogens (tertiary/aromatic N) is 1. The fourth-order valence-corrected chi connectivity index (χ4v) is 1.56. The second-order valence-corrected chi connectivity index (χ2v) is 4.42. The Balaban J connectivity index is 0.00000361. The molecule has 2 N–H and O–H groups in total. The van der Waals surface area contributed by atoms with Gasteiger partial charge >= 0.3 is 0 Å². The minimum atomic E-state index is -0.147. The summed E-state index contributed by atoms with van der Waals surface area (Å²) in [6.07, 6.45) is 0. The molecule has 0 saturated heterocycles. The number of methoxy groups -OCH3 is 1. The fourth-order valence-electron chi connectivity index (χ4n) is 1.56. The number of hydrogen-bond donors (Lipinski definition) is 1. The van der Waals surface area contributed by atoms with E-state index < -0.39 is 0 Å². The lowest BCUT2D eigenvalue weighted by Crippen LogP contribution is -2.37. The van der Waals surface area contributed by atoms with Crippen molar-refractivity contribution in [3.05, 3.63) is 24.3 Å². The van der Waals surface area contributed by atoms with Crippen LogP contribution in [0.2, 0.25) is 0 Å². The molecular formula is C14H23ClN2O3. The zero-order valence-electron chi connectivity index (χ0n) is 12.2. The van der Waals surface area contributed by atoms with Crippen LogP contribution in [0, 0.1) is 5.92 Å². The summed E-state index contributed by atoms with van der Waals surface area (Å²) >= 11 is 0. The van der Waals surface area contributed by atoms with E-state index in [0.717, 1.165) is 11.5 Å². The third-order valence-corrected chi connectivity index (χ3v) is 2.91. The average molecular weight is 303 g/mol. The molecule has 1 aromatic rings. The second kappa shape index (κ2) is 9.44. The molecule has 0 radical (unpaired) electrons. The van der Waals surface area contributed by atoms with Crippen molar-refractivity contribution in [2.45, 2.75) is 6.92 Å². The molecule has 0 aliphatic heterocycles. The molecule has 0 spiro atoms. The first-order chi connectivity index (χ1) is 9.08. The van der Waals surface area contributed by atoms with Crippen molar-refractivity contribution in [3.8, 4) is 11.5 Å². The van der Waals surface area contributed by atoms with Gasteiger partial charge in [-0.15, -0.1) is 12.4 Å². The van der Waals surface area contributed by atoms with Crippen molar-refractivity contribution in [1.82, 2.24) is 4.90 Å². The van der Waals surface area contributed by atoms with Gasteiger partial charge in [-0.3, -0.25) is 4.79 Å². The molecule has 0 aromatic heterocycles. The van der Waals surface area contributed by atoms with Crippen molar-refractivity contribution in [2.24, 2.45) is 11.7 Å². The number of amides is 1. The van der Waals surface area contributed by atoms with Crippen molar-refractivity contribution < 1.29 is 14.3 Å². The molecule has 1 atom stereocenters. The van der Waals surface area contributed by atoms with Gasteiger partial charge in [-0.1, -0.05) is 6.92 Å². The molecule has 0 fully saturated rings. The third-order valence-electron chi connectivity index (χ3n) is 2.91. The van der Waals surface area contributed by atoms with Crippen LogP contribution in [0.1, 0.15) is 6.92 Å². The molecule has 0 bridgehead atoms. The molecule has 1 unspecified atom stereocenters. The summed E-state index contributed by atoms with van der Waals surface area (Å²) in [5.41, 5.74) is 5.47. The number of likely N-dealkylation sites (N-methyl/N-ethyl adjacent to an activating group) is 1.